The molecule has 134 valence electrons. The van der Waals surface area contributed by atoms with E-state index in [1.807, 2.05) is 31.2 Å². The minimum atomic E-state index is -0.114. The zero-order chi connectivity index (χ0) is 17.6. The molecule has 5 heteroatoms. The van der Waals surface area contributed by atoms with Gasteiger partial charge in [0.15, 0.2) is 0 Å². The standard InChI is InChI=1S/C20H27N3O2/c1-15-11-19(23(2)22-15)20(24)21-13-17-9-6-10-18(12-17)25-14-16-7-4-3-5-8-16/h6,9-12,16H,3-5,7-8,13-14H2,1-2H3,(H,21,24). The molecule has 1 aliphatic rings. The van der Waals surface area contributed by atoms with Crippen LogP contribution in [0, 0.1) is 12.8 Å². The number of hydrogen-bond acceptors (Lipinski definition) is 3. The van der Waals surface area contributed by atoms with Crippen LogP contribution in [0.3, 0.4) is 0 Å². The third-order valence-electron chi connectivity index (χ3n) is 4.80. The van der Waals surface area contributed by atoms with Crippen molar-refractivity contribution in [3.05, 3.63) is 47.3 Å². The van der Waals surface area contributed by atoms with Crippen molar-refractivity contribution in [2.45, 2.75) is 45.6 Å². The van der Waals surface area contributed by atoms with Crippen molar-refractivity contribution in [2.24, 2.45) is 13.0 Å². The molecule has 1 amide bonds. The van der Waals surface area contributed by atoms with E-state index in [0.717, 1.165) is 23.6 Å². The number of hydrogen-bond donors (Lipinski definition) is 1. The molecule has 0 radical (unpaired) electrons. The largest absolute Gasteiger partial charge is 0.493 e. The van der Waals surface area contributed by atoms with Crippen LogP contribution in [0.5, 0.6) is 5.75 Å². The zero-order valence-electron chi connectivity index (χ0n) is 15.1. The van der Waals surface area contributed by atoms with E-state index in [-0.39, 0.29) is 5.91 Å². The molecular formula is C20H27N3O2. The lowest BCUT2D eigenvalue weighted by Gasteiger charge is -2.21. The van der Waals surface area contributed by atoms with Crippen LogP contribution in [0.1, 0.15) is 53.8 Å². The molecule has 1 fully saturated rings. The van der Waals surface area contributed by atoms with E-state index in [1.54, 1.807) is 17.8 Å². The first-order valence-corrected chi connectivity index (χ1v) is 9.12. The van der Waals surface area contributed by atoms with Crippen LogP contribution < -0.4 is 10.1 Å². The summed E-state index contributed by atoms with van der Waals surface area (Å²) in [6, 6.07) is 9.77. The van der Waals surface area contributed by atoms with Crippen LogP contribution >= 0.6 is 0 Å². The van der Waals surface area contributed by atoms with Gasteiger partial charge >= 0.3 is 0 Å². The molecule has 0 saturated heterocycles. The minimum absolute atomic E-state index is 0.114. The number of carbonyl (C=O) groups is 1. The van der Waals surface area contributed by atoms with Gasteiger partial charge in [0.25, 0.3) is 5.91 Å². The third-order valence-corrected chi connectivity index (χ3v) is 4.80. The zero-order valence-corrected chi connectivity index (χ0v) is 15.1. The Labute approximate surface area is 149 Å². The molecule has 1 N–H and O–H groups in total. The molecule has 0 bridgehead atoms. The highest BCUT2D eigenvalue weighted by atomic mass is 16.5. The van der Waals surface area contributed by atoms with Gasteiger partial charge in [-0.05, 0) is 49.4 Å². The Bertz CT molecular complexity index is 717. The monoisotopic (exact) mass is 341 g/mol. The summed E-state index contributed by atoms with van der Waals surface area (Å²) in [7, 11) is 1.78. The van der Waals surface area contributed by atoms with Crippen LogP contribution in [0.4, 0.5) is 0 Å². The highest BCUT2D eigenvalue weighted by molar-refractivity contribution is 5.92. The van der Waals surface area contributed by atoms with Crippen molar-refractivity contribution in [3.8, 4) is 5.75 Å². The Morgan fingerprint density at radius 2 is 2.08 bits per heavy atom. The van der Waals surface area contributed by atoms with Crippen molar-refractivity contribution in [1.29, 1.82) is 0 Å². The van der Waals surface area contributed by atoms with Crippen LogP contribution in [-0.4, -0.2) is 22.3 Å². The second kappa shape index (κ2) is 8.19. The van der Waals surface area contributed by atoms with Crippen LogP contribution in [0.15, 0.2) is 30.3 Å². The Balaban J connectivity index is 1.52. The summed E-state index contributed by atoms with van der Waals surface area (Å²) >= 11 is 0. The number of rotatable bonds is 6. The lowest BCUT2D eigenvalue weighted by atomic mass is 9.90. The fourth-order valence-electron chi connectivity index (χ4n) is 3.41. The highest BCUT2D eigenvalue weighted by Gasteiger charge is 2.14. The molecule has 1 aromatic carbocycles. The average molecular weight is 341 g/mol. The highest BCUT2D eigenvalue weighted by Crippen LogP contribution is 2.24. The molecule has 0 aliphatic heterocycles. The molecule has 25 heavy (non-hydrogen) atoms. The van der Waals surface area contributed by atoms with Gasteiger partial charge in [0, 0.05) is 13.6 Å². The molecule has 1 saturated carbocycles. The summed E-state index contributed by atoms with van der Waals surface area (Å²) in [5.41, 5.74) is 2.45. The SMILES string of the molecule is Cc1cc(C(=O)NCc2cccc(OCC3CCCCC3)c2)n(C)n1. The quantitative estimate of drug-likeness (QED) is 0.873. The minimum Gasteiger partial charge on any atom is -0.493 e. The first kappa shape index (κ1) is 17.5. The molecule has 0 atom stereocenters. The smallest absolute Gasteiger partial charge is 0.269 e. The third kappa shape index (κ3) is 4.84. The molecule has 1 aromatic heterocycles. The average Bonchev–Trinajstić information content (AvgIpc) is 2.97. The van der Waals surface area contributed by atoms with Crippen LogP contribution in [0.25, 0.3) is 0 Å². The number of carbonyl (C=O) groups excluding carboxylic acids is 1. The van der Waals surface area contributed by atoms with E-state index < -0.39 is 0 Å². The Morgan fingerprint density at radius 3 is 2.80 bits per heavy atom. The van der Waals surface area contributed by atoms with Gasteiger partial charge in [-0.1, -0.05) is 31.4 Å². The van der Waals surface area contributed by atoms with Crippen molar-refractivity contribution < 1.29 is 9.53 Å². The Kier molecular flexibility index (Phi) is 5.74. The second-order valence-electron chi connectivity index (χ2n) is 6.94. The summed E-state index contributed by atoms with van der Waals surface area (Å²) < 4.78 is 7.58. The predicted molar refractivity (Wildman–Crippen MR) is 97.6 cm³/mol. The van der Waals surface area contributed by atoms with Gasteiger partial charge in [-0.25, -0.2) is 0 Å². The van der Waals surface area contributed by atoms with Crippen molar-refractivity contribution in [2.75, 3.05) is 6.61 Å². The fraction of sp³-hybridized carbons (Fsp3) is 0.500. The van der Waals surface area contributed by atoms with Gasteiger partial charge in [-0.3, -0.25) is 9.48 Å². The van der Waals surface area contributed by atoms with E-state index in [9.17, 15) is 4.79 Å². The summed E-state index contributed by atoms with van der Waals surface area (Å²) in [6.07, 6.45) is 6.57. The second-order valence-corrected chi connectivity index (χ2v) is 6.94. The Hall–Kier alpha value is -2.30. The Morgan fingerprint density at radius 1 is 1.28 bits per heavy atom. The van der Waals surface area contributed by atoms with Gasteiger partial charge in [0.2, 0.25) is 0 Å². The summed E-state index contributed by atoms with van der Waals surface area (Å²) in [5, 5.41) is 7.15. The molecule has 1 heterocycles. The number of nitrogens with zero attached hydrogens (tertiary/aromatic N) is 2. The number of amides is 1. The predicted octanol–water partition coefficient (Wildman–Crippen LogP) is 3.62. The van der Waals surface area contributed by atoms with E-state index >= 15 is 0 Å². The van der Waals surface area contributed by atoms with Crippen LogP contribution in [-0.2, 0) is 13.6 Å². The summed E-state index contributed by atoms with van der Waals surface area (Å²) in [4.78, 5) is 12.3. The van der Waals surface area contributed by atoms with Crippen molar-refractivity contribution in [3.63, 3.8) is 0 Å². The van der Waals surface area contributed by atoms with Gasteiger partial charge in [-0.15, -0.1) is 0 Å². The van der Waals surface area contributed by atoms with Gasteiger partial charge in [0.1, 0.15) is 11.4 Å². The topological polar surface area (TPSA) is 56.1 Å². The molecule has 0 spiro atoms. The number of nitrogens with one attached hydrogen (secondary N) is 1. The number of benzene rings is 1. The van der Waals surface area contributed by atoms with E-state index in [4.69, 9.17) is 4.74 Å². The van der Waals surface area contributed by atoms with E-state index in [2.05, 4.69) is 10.4 Å². The molecule has 0 unspecified atom stereocenters. The van der Waals surface area contributed by atoms with Gasteiger partial charge in [-0.2, -0.15) is 5.10 Å². The maximum atomic E-state index is 12.3. The summed E-state index contributed by atoms with van der Waals surface area (Å²) in [6.45, 7) is 3.15. The number of aromatic nitrogens is 2. The fourth-order valence-corrected chi connectivity index (χ4v) is 3.41. The molecule has 5 nitrogen and oxygen atoms in total. The first-order valence-electron chi connectivity index (χ1n) is 9.12. The molecule has 2 aromatic rings. The molecule has 1 aliphatic carbocycles. The maximum absolute atomic E-state index is 12.3. The summed E-state index contributed by atoms with van der Waals surface area (Å²) in [5.74, 6) is 1.45. The van der Waals surface area contributed by atoms with Crippen LogP contribution in [0.2, 0.25) is 0 Å². The normalized spacial score (nSPS) is 15.1. The molecule has 3 rings (SSSR count). The van der Waals surface area contributed by atoms with E-state index in [0.29, 0.717) is 18.2 Å². The van der Waals surface area contributed by atoms with Crippen molar-refractivity contribution >= 4 is 5.91 Å². The molecular weight excluding hydrogens is 314 g/mol. The number of aryl methyl sites for hydroxylation is 2. The maximum Gasteiger partial charge on any atom is 0.269 e. The lowest BCUT2D eigenvalue weighted by Crippen LogP contribution is -2.25. The van der Waals surface area contributed by atoms with Gasteiger partial charge in [0.05, 0.1) is 12.3 Å². The lowest BCUT2D eigenvalue weighted by molar-refractivity contribution is 0.0941. The van der Waals surface area contributed by atoms with E-state index in [1.165, 1.54) is 32.1 Å². The van der Waals surface area contributed by atoms with Crippen molar-refractivity contribution in [1.82, 2.24) is 15.1 Å². The number of ether oxygens (including phenoxy) is 1. The van der Waals surface area contributed by atoms with Gasteiger partial charge < -0.3 is 10.1 Å². The first-order chi connectivity index (χ1) is 12.1.